The quantitative estimate of drug-likeness (QED) is 0.447. The molecular formula is C20H17N5O2S2. The van der Waals surface area contributed by atoms with Gasteiger partial charge in [0.05, 0.1) is 11.3 Å². The maximum Gasteiger partial charge on any atom is 0.258 e. The second-order valence-electron chi connectivity index (χ2n) is 6.27. The van der Waals surface area contributed by atoms with Gasteiger partial charge in [-0.15, -0.1) is 16.9 Å². The van der Waals surface area contributed by atoms with Crippen molar-refractivity contribution in [3.8, 4) is 11.3 Å². The first kappa shape index (κ1) is 19.3. The number of carbonyl (C=O) groups is 1. The monoisotopic (exact) mass is 423 g/mol. The molecule has 1 aromatic carbocycles. The van der Waals surface area contributed by atoms with Crippen LogP contribution in [0.1, 0.15) is 27.4 Å². The average molecular weight is 424 g/mol. The summed E-state index contributed by atoms with van der Waals surface area (Å²) in [7, 11) is 0. The molecule has 0 radical (unpaired) electrons. The largest absolute Gasteiger partial charge is 0.361 e. The summed E-state index contributed by atoms with van der Waals surface area (Å²) in [4.78, 5) is 17.2. The molecule has 146 valence electrons. The highest BCUT2D eigenvalue weighted by atomic mass is 32.2. The van der Waals surface area contributed by atoms with Gasteiger partial charge in [-0.2, -0.15) is 0 Å². The normalized spacial score (nSPS) is 10.8. The van der Waals surface area contributed by atoms with Gasteiger partial charge in [0, 0.05) is 34.1 Å². The smallest absolute Gasteiger partial charge is 0.258 e. The molecule has 0 saturated heterocycles. The Morgan fingerprint density at radius 1 is 1.21 bits per heavy atom. The van der Waals surface area contributed by atoms with E-state index in [1.54, 1.807) is 18.3 Å². The van der Waals surface area contributed by atoms with Gasteiger partial charge in [-0.25, -0.2) is 4.98 Å². The van der Waals surface area contributed by atoms with E-state index >= 15 is 0 Å². The van der Waals surface area contributed by atoms with Gasteiger partial charge in [0.1, 0.15) is 16.5 Å². The number of nitrogens with one attached hydrogen (secondary N) is 1. The van der Waals surface area contributed by atoms with Crippen LogP contribution in [0.15, 0.2) is 57.5 Å². The van der Waals surface area contributed by atoms with Crippen molar-refractivity contribution in [2.75, 3.05) is 5.32 Å². The van der Waals surface area contributed by atoms with E-state index in [0.717, 1.165) is 28.3 Å². The number of hydrogen-bond acceptors (Lipinski definition) is 8. The number of nitrogens with zero attached hydrogens (tertiary/aromatic N) is 4. The number of aromatic nitrogens is 4. The highest BCUT2D eigenvalue weighted by Crippen LogP contribution is 2.28. The second-order valence-corrected chi connectivity index (χ2v) is 7.84. The summed E-state index contributed by atoms with van der Waals surface area (Å²) in [5.74, 6) is 1.21. The third-order valence-electron chi connectivity index (χ3n) is 4.35. The van der Waals surface area contributed by atoms with Gasteiger partial charge in [-0.3, -0.25) is 4.79 Å². The Kier molecular flexibility index (Phi) is 5.68. The number of hydrogen-bond donors (Lipinski definition) is 1. The summed E-state index contributed by atoms with van der Waals surface area (Å²) < 4.78 is 9.07. The highest BCUT2D eigenvalue weighted by Gasteiger charge is 2.16. The Hall–Kier alpha value is -3.04. The minimum absolute atomic E-state index is 0.206. The Morgan fingerprint density at radius 3 is 2.72 bits per heavy atom. The molecule has 0 aliphatic carbocycles. The fraction of sp³-hybridized carbons (Fsp3) is 0.150. The van der Waals surface area contributed by atoms with Crippen LogP contribution in [0.2, 0.25) is 0 Å². The summed E-state index contributed by atoms with van der Waals surface area (Å²) in [5, 5.41) is 13.5. The van der Waals surface area contributed by atoms with Gasteiger partial charge in [0.15, 0.2) is 0 Å². The predicted octanol–water partition coefficient (Wildman–Crippen LogP) is 4.75. The van der Waals surface area contributed by atoms with Crippen molar-refractivity contribution in [1.82, 2.24) is 19.7 Å². The molecule has 7 nitrogen and oxygen atoms in total. The topological polar surface area (TPSA) is 93.8 Å². The van der Waals surface area contributed by atoms with Gasteiger partial charge >= 0.3 is 0 Å². The van der Waals surface area contributed by atoms with Crippen molar-refractivity contribution < 1.29 is 9.32 Å². The lowest BCUT2D eigenvalue weighted by Gasteiger charge is -2.09. The van der Waals surface area contributed by atoms with Crippen LogP contribution in [0, 0.1) is 13.8 Å². The van der Waals surface area contributed by atoms with Gasteiger partial charge in [0.2, 0.25) is 0 Å². The molecule has 0 aliphatic heterocycles. The summed E-state index contributed by atoms with van der Waals surface area (Å²) in [6, 6.07) is 11.0. The Balaban J connectivity index is 1.47. The molecule has 3 heterocycles. The van der Waals surface area contributed by atoms with Crippen LogP contribution >= 0.6 is 23.3 Å². The molecule has 0 unspecified atom stereocenters. The number of benzene rings is 1. The third kappa shape index (κ3) is 4.36. The van der Waals surface area contributed by atoms with E-state index in [-0.39, 0.29) is 5.91 Å². The maximum atomic E-state index is 12.8. The van der Waals surface area contributed by atoms with Gasteiger partial charge in [0.25, 0.3) is 5.91 Å². The molecule has 0 bridgehead atoms. The summed E-state index contributed by atoms with van der Waals surface area (Å²) in [6.45, 7) is 3.79. The molecule has 3 aromatic heterocycles. The van der Waals surface area contributed by atoms with Crippen LogP contribution in [0.5, 0.6) is 0 Å². The Morgan fingerprint density at radius 2 is 2.03 bits per heavy atom. The van der Waals surface area contributed by atoms with E-state index in [0.29, 0.717) is 22.0 Å². The van der Waals surface area contributed by atoms with E-state index in [1.807, 2.05) is 43.5 Å². The summed E-state index contributed by atoms with van der Waals surface area (Å²) >= 11 is 2.79. The third-order valence-corrected chi connectivity index (χ3v) is 5.89. The molecule has 0 aliphatic rings. The Bertz CT molecular complexity index is 1100. The van der Waals surface area contributed by atoms with E-state index in [9.17, 15) is 4.79 Å². The fourth-order valence-corrected chi connectivity index (χ4v) is 4.35. The molecule has 0 atom stereocenters. The van der Waals surface area contributed by atoms with Crippen molar-refractivity contribution in [2.24, 2.45) is 0 Å². The van der Waals surface area contributed by atoms with Crippen molar-refractivity contribution in [2.45, 2.75) is 24.6 Å². The number of amides is 1. The van der Waals surface area contributed by atoms with Crippen molar-refractivity contribution in [1.29, 1.82) is 0 Å². The first-order valence-corrected chi connectivity index (χ1v) is 10.6. The van der Waals surface area contributed by atoms with Crippen LogP contribution in [0.3, 0.4) is 0 Å². The van der Waals surface area contributed by atoms with Crippen LogP contribution in [-0.2, 0) is 5.75 Å². The zero-order valence-electron chi connectivity index (χ0n) is 15.7. The lowest BCUT2D eigenvalue weighted by atomic mass is 10.1. The van der Waals surface area contributed by atoms with Crippen LogP contribution in [0.4, 0.5) is 5.69 Å². The van der Waals surface area contributed by atoms with Gasteiger partial charge in [-0.1, -0.05) is 21.8 Å². The highest BCUT2D eigenvalue weighted by molar-refractivity contribution is 7.98. The first-order valence-electron chi connectivity index (χ1n) is 8.80. The van der Waals surface area contributed by atoms with Gasteiger partial charge < -0.3 is 9.84 Å². The van der Waals surface area contributed by atoms with Crippen molar-refractivity contribution in [3.63, 3.8) is 0 Å². The molecule has 0 spiro atoms. The van der Waals surface area contributed by atoms with Crippen LogP contribution < -0.4 is 5.32 Å². The number of rotatable bonds is 6. The molecule has 4 aromatic rings. The molecule has 29 heavy (non-hydrogen) atoms. The Labute approximate surface area is 175 Å². The van der Waals surface area contributed by atoms with E-state index < -0.39 is 0 Å². The minimum Gasteiger partial charge on any atom is -0.361 e. The van der Waals surface area contributed by atoms with Crippen LogP contribution in [-0.4, -0.2) is 25.6 Å². The molecule has 4 rings (SSSR count). The molecule has 9 heteroatoms. The zero-order chi connectivity index (χ0) is 20.2. The first-order chi connectivity index (χ1) is 14.1. The van der Waals surface area contributed by atoms with Crippen molar-refractivity contribution >= 4 is 34.9 Å². The number of anilines is 1. The summed E-state index contributed by atoms with van der Waals surface area (Å²) in [5.41, 5.74) is 4.88. The van der Waals surface area contributed by atoms with Gasteiger partial charge in [-0.05, 0) is 49.6 Å². The number of thioether (sulfide) groups is 1. The number of carbonyl (C=O) groups excluding carboxylic acids is 1. The van der Waals surface area contributed by atoms with E-state index in [1.165, 1.54) is 23.3 Å². The van der Waals surface area contributed by atoms with Crippen molar-refractivity contribution in [3.05, 3.63) is 70.6 Å². The predicted molar refractivity (Wildman–Crippen MR) is 113 cm³/mol. The average Bonchev–Trinajstić information content (AvgIpc) is 3.38. The maximum absolute atomic E-state index is 12.8. The SMILES string of the molecule is Cc1noc(C)c1CSc1ncccc1C(=O)Nc1ccc(-c2csnn2)cc1. The molecule has 1 amide bonds. The number of pyridine rings is 1. The fourth-order valence-electron chi connectivity index (χ4n) is 2.74. The van der Waals surface area contributed by atoms with E-state index in [2.05, 4.69) is 25.0 Å². The summed E-state index contributed by atoms with van der Waals surface area (Å²) in [6.07, 6.45) is 1.68. The molecule has 0 fully saturated rings. The minimum atomic E-state index is -0.206. The lowest BCUT2D eigenvalue weighted by Crippen LogP contribution is -2.13. The van der Waals surface area contributed by atoms with E-state index in [4.69, 9.17) is 4.52 Å². The number of aryl methyl sites for hydroxylation is 2. The standard InChI is InChI=1S/C20H17N5O2S2/c1-12-17(13(2)27-24-12)10-28-20-16(4-3-9-21-20)19(26)22-15-7-5-14(6-8-15)18-11-29-25-23-18/h3-9,11H,10H2,1-2H3,(H,22,26). The van der Waals surface area contributed by atoms with Crippen LogP contribution in [0.25, 0.3) is 11.3 Å². The zero-order valence-corrected chi connectivity index (χ0v) is 17.4. The lowest BCUT2D eigenvalue weighted by molar-refractivity contribution is 0.102. The molecular weight excluding hydrogens is 406 g/mol. The molecule has 0 saturated carbocycles. The molecule has 1 N–H and O–H groups in total. The second kappa shape index (κ2) is 8.54.